The van der Waals surface area contributed by atoms with Crippen molar-refractivity contribution in [3.63, 3.8) is 0 Å². The van der Waals surface area contributed by atoms with Crippen LogP contribution in [0.25, 0.3) is 16.7 Å². The van der Waals surface area contributed by atoms with Crippen LogP contribution in [0, 0.1) is 11.7 Å². The van der Waals surface area contributed by atoms with Crippen molar-refractivity contribution < 1.29 is 9.18 Å². The third-order valence-corrected chi connectivity index (χ3v) is 6.23. The van der Waals surface area contributed by atoms with E-state index in [1.165, 1.54) is 6.07 Å². The molecular formula is C27H29FN6O. The normalized spacial score (nSPS) is 14.5. The molecule has 1 amide bonds. The number of carbonyl (C=O) groups is 1. The van der Waals surface area contributed by atoms with Crippen molar-refractivity contribution in [2.24, 2.45) is 5.92 Å². The number of para-hydroxylation sites is 1. The summed E-state index contributed by atoms with van der Waals surface area (Å²) in [6.07, 6.45) is 3.34. The fraction of sp³-hybridized carbons (Fsp3) is 0.333. The molecule has 1 aliphatic heterocycles. The first-order chi connectivity index (χ1) is 17.0. The maximum atomic E-state index is 14.2. The summed E-state index contributed by atoms with van der Waals surface area (Å²) in [5, 5.41) is 5.52. The number of aromatic nitrogens is 4. The molecule has 5 rings (SSSR count). The number of benzene rings is 2. The molecule has 0 atom stereocenters. The zero-order valence-electron chi connectivity index (χ0n) is 20.1. The van der Waals surface area contributed by atoms with Gasteiger partial charge in [0.1, 0.15) is 17.5 Å². The first-order valence-corrected chi connectivity index (χ1v) is 12.1. The van der Waals surface area contributed by atoms with E-state index >= 15 is 0 Å². The quantitative estimate of drug-likeness (QED) is 0.428. The molecule has 2 aromatic carbocycles. The lowest BCUT2D eigenvalue weighted by molar-refractivity contribution is 0.0762. The molecule has 2 aromatic heterocycles. The summed E-state index contributed by atoms with van der Waals surface area (Å²) >= 11 is 0. The fourth-order valence-electron chi connectivity index (χ4n) is 4.53. The summed E-state index contributed by atoms with van der Waals surface area (Å²) in [4.78, 5) is 26.8. The Balaban J connectivity index is 1.47. The minimum Gasteiger partial charge on any atom is -0.354 e. The van der Waals surface area contributed by atoms with Gasteiger partial charge in [-0.05, 0) is 36.6 Å². The summed E-state index contributed by atoms with van der Waals surface area (Å²) in [6, 6.07) is 16.1. The number of anilines is 1. The van der Waals surface area contributed by atoms with E-state index in [9.17, 15) is 9.18 Å². The summed E-state index contributed by atoms with van der Waals surface area (Å²) in [6.45, 7) is 6.71. The molecule has 0 spiro atoms. The molecule has 0 bridgehead atoms. The van der Waals surface area contributed by atoms with Crippen LogP contribution < -0.4 is 4.90 Å². The number of carbonyl (C=O) groups excluding carboxylic acids is 1. The molecule has 180 valence electrons. The number of halogens is 1. The van der Waals surface area contributed by atoms with Gasteiger partial charge in [0.2, 0.25) is 0 Å². The van der Waals surface area contributed by atoms with Gasteiger partial charge in [-0.1, -0.05) is 44.2 Å². The summed E-state index contributed by atoms with van der Waals surface area (Å²) in [5.74, 6) is 1.28. The molecule has 0 aliphatic carbocycles. The van der Waals surface area contributed by atoms with Gasteiger partial charge < -0.3 is 9.80 Å². The van der Waals surface area contributed by atoms with Crippen molar-refractivity contribution in [3.8, 4) is 5.69 Å². The van der Waals surface area contributed by atoms with E-state index in [2.05, 4.69) is 23.8 Å². The molecule has 1 fully saturated rings. The van der Waals surface area contributed by atoms with Crippen molar-refractivity contribution in [2.75, 3.05) is 31.1 Å². The summed E-state index contributed by atoms with van der Waals surface area (Å²) in [5.41, 5.74) is 1.84. The largest absolute Gasteiger partial charge is 0.354 e. The number of rotatable bonds is 5. The Kier molecular flexibility index (Phi) is 6.44. The smallest absolute Gasteiger partial charge is 0.256 e. The van der Waals surface area contributed by atoms with Crippen molar-refractivity contribution >= 4 is 22.8 Å². The van der Waals surface area contributed by atoms with E-state index in [-0.39, 0.29) is 11.5 Å². The highest BCUT2D eigenvalue weighted by Gasteiger charge is 2.25. The molecule has 3 heterocycles. The predicted octanol–water partition coefficient (Wildman–Crippen LogP) is 4.51. The van der Waals surface area contributed by atoms with Crippen LogP contribution in [-0.4, -0.2) is 56.7 Å². The number of hydrogen-bond acceptors (Lipinski definition) is 5. The second-order valence-corrected chi connectivity index (χ2v) is 9.30. The van der Waals surface area contributed by atoms with Gasteiger partial charge >= 0.3 is 0 Å². The molecule has 0 unspecified atom stereocenters. The zero-order chi connectivity index (χ0) is 24.4. The molecule has 1 aliphatic rings. The average Bonchev–Trinajstić information content (AvgIpc) is 3.12. The van der Waals surface area contributed by atoms with Crippen molar-refractivity contribution in [2.45, 2.75) is 26.7 Å². The van der Waals surface area contributed by atoms with Gasteiger partial charge in [0.15, 0.2) is 5.65 Å². The molecule has 0 saturated carbocycles. The second kappa shape index (κ2) is 9.82. The average molecular weight is 473 g/mol. The van der Waals surface area contributed by atoms with Crippen molar-refractivity contribution in [1.82, 2.24) is 24.6 Å². The third-order valence-electron chi connectivity index (χ3n) is 6.23. The fourth-order valence-corrected chi connectivity index (χ4v) is 4.53. The first kappa shape index (κ1) is 23.0. The van der Waals surface area contributed by atoms with Crippen LogP contribution in [0.15, 0.2) is 60.8 Å². The number of amides is 1. The van der Waals surface area contributed by atoms with E-state index in [0.29, 0.717) is 25.6 Å². The lowest BCUT2D eigenvalue weighted by atomic mass is 10.1. The van der Waals surface area contributed by atoms with Crippen LogP contribution in [0.1, 0.15) is 36.5 Å². The van der Waals surface area contributed by atoms with Gasteiger partial charge in [0.05, 0.1) is 22.8 Å². The Hall–Kier alpha value is -3.81. The number of nitrogens with zero attached hydrogens (tertiary/aromatic N) is 6. The number of hydrogen-bond donors (Lipinski definition) is 0. The lowest BCUT2D eigenvalue weighted by Crippen LogP contribution is -2.36. The second-order valence-electron chi connectivity index (χ2n) is 9.30. The third kappa shape index (κ3) is 4.73. The Morgan fingerprint density at radius 3 is 2.51 bits per heavy atom. The highest BCUT2D eigenvalue weighted by molar-refractivity contribution is 5.94. The summed E-state index contributed by atoms with van der Waals surface area (Å²) in [7, 11) is 0. The van der Waals surface area contributed by atoms with Crippen LogP contribution in [0.5, 0.6) is 0 Å². The molecular weight excluding hydrogens is 443 g/mol. The van der Waals surface area contributed by atoms with E-state index in [1.807, 2.05) is 41.2 Å². The highest BCUT2D eigenvalue weighted by Crippen LogP contribution is 2.27. The van der Waals surface area contributed by atoms with Gasteiger partial charge in [-0.15, -0.1) is 0 Å². The molecule has 8 heteroatoms. The Labute approximate surface area is 204 Å². The van der Waals surface area contributed by atoms with E-state index in [1.54, 1.807) is 23.1 Å². The minimum absolute atomic E-state index is 0.119. The Bertz CT molecular complexity index is 1340. The molecule has 0 N–H and O–H groups in total. The zero-order valence-corrected chi connectivity index (χ0v) is 20.1. The van der Waals surface area contributed by atoms with E-state index in [4.69, 9.17) is 9.97 Å². The minimum atomic E-state index is -0.484. The first-order valence-electron chi connectivity index (χ1n) is 12.1. The molecule has 0 radical (unpaired) electrons. The SMILES string of the molecule is CC(C)Cc1nc(N2CCCN(C(=O)c3ccccc3F)CC2)c2cnn(-c3ccccc3)c2n1. The maximum Gasteiger partial charge on any atom is 0.256 e. The predicted molar refractivity (Wildman–Crippen MR) is 134 cm³/mol. The van der Waals surface area contributed by atoms with Gasteiger partial charge in [0, 0.05) is 32.6 Å². The molecule has 7 nitrogen and oxygen atoms in total. The van der Waals surface area contributed by atoms with Gasteiger partial charge in [-0.3, -0.25) is 4.79 Å². The monoisotopic (exact) mass is 472 g/mol. The van der Waals surface area contributed by atoms with Crippen molar-refractivity contribution in [3.05, 3.63) is 78.0 Å². The Morgan fingerprint density at radius 2 is 1.74 bits per heavy atom. The van der Waals surface area contributed by atoms with Crippen LogP contribution in [0.3, 0.4) is 0 Å². The highest BCUT2D eigenvalue weighted by atomic mass is 19.1. The standard InChI is InChI=1S/C27H29FN6O/c1-19(2)17-24-30-25(22-18-29-34(26(22)31-24)20-9-4-3-5-10-20)32-13-8-14-33(16-15-32)27(35)21-11-6-7-12-23(21)28/h3-7,9-12,18-19H,8,13-17H2,1-2H3. The summed E-state index contributed by atoms with van der Waals surface area (Å²) < 4.78 is 16.1. The van der Waals surface area contributed by atoms with Gasteiger partial charge in [0.25, 0.3) is 5.91 Å². The van der Waals surface area contributed by atoms with E-state index < -0.39 is 5.82 Å². The van der Waals surface area contributed by atoms with Crippen LogP contribution in [0.2, 0.25) is 0 Å². The lowest BCUT2D eigenvalue weighted by Gasteiger charge is -2.24. The molecule has 4 aromatic rings. The topological polar surface area (TPSA) is 67.2 Å². The molecule has 1 saturated heterocycles. The maximum absolute atomic E-state index is 14.2. The van der Waals surface area contributed by atoms with Crippen molar-refractivity contribution in [1.29, 1.82) is 0 Å². The van der Waals surface area contributed by atoms with Crippen LogP contribution in [0.4, 0.5) is 10.2 Å². The van der Waals surface area contributed by atoms with E-state index in [0.717, 1.165) is 47.7 Å². The molecule has 35 heavy (non-hydrogen) atoms. The number of fused-ring (bicyclic) bond motifs is 1. The van der Waals surface area contributed by atoms with Crippen LogP contribution in [-0.2, 0) is 6.42 Å². The van der Waals surface area contributed by atoms with Crippen LogP contribution >= 0.6 is 0 Å². The Morgan fingerprint density at radius 1 is 0.971 bits per heavy atom. The van der Waals surface area contributed by atoms with Gasteiger partial charge in [-0.25, -0.2) is 19.0 Å². The van der Waals surface area contributed by atoms with Gasteiger partial charge in [-0.2, -0.15) is 5.10 Å².